The van der Waals surface area contributed by atoms with Crippen LogP contribution in [0.1, 0.15) is 11.7 Å². The zero-order valence-corrected chi connectivity index (χ0v) is 17.4. The molecule has 0 aliphatic carbocycles. The molecule has 0 saturated carbocycles. The smallest absolute Gasteiger partial charge is 0.243 e. The minimum atomic E-state index is -3.51. The van der Waals surface area contributed by atoms with Gasteiger partial charge >= 0.3 is 0 Å². The summed E-state index contributed by atoms with van der Waals surface area (Å²) >= 11 is 0. The number of para-hydroxylation sites is 2. The van der Waals surface area contributed by atoms with Crippen LogP contribution in [0, 0.1) is 0 Å². The fraction of sp³-hybridized carbons (Fsp3) is 0.174. The number of benzene rings is 2. The zero-order chi connectivity index (χ0) is 21.3. The van der Waals surface area contributed by atoms with Crippen LogP contribution in [0.5, 0.6) is 0 Å². The van der Waals surface area contributed by atoms with Gasteiger partial charge in [0, 0.05) is 24.7 Å². The van der Waals surface area contributed by atoms with Crippen molar-refractivity contribution in [2.75, 3.05) is 26.3 Å². The highest BCUT2D eigenvalue weighted by Crippen LogP contribution is 2.26. The summed E-state index contributed by atoms with van der Waals surface area (Å²) in [7, 11) is -3.51. The van der Waals surface area contributed by atoms with Crippen molar-refractivity contribution in [3.63, 3.8) is 0 Å². The largest absolute Gasteiger partial charge is 0.457 e. The van der Waals surface area contributed by atoms with Gasteiger partial charge in [-0.2, -0.15) is 4.31 Å². The summed E-state index contributed by atoms with van der Waals surface area (Å²) in [6.45, 7) is 1.59. The summed E-state index contributed by atoms with van der Waals surface area (Å²) < 4.78 is 43.7. The van der Waals surface area contributed by atoms with Gasteiger partial charge in [0.25, 0.3) is 0 Å². The van der Waals surface area contributed by atoms with Gasteiger partial charge in [0.1, 0.15) is 17.0 Å². The van der Waals surface area contributed by atoms with E-state index in [0.717, 1.165) is 16.7 Å². The SMILES string of the molecule is O=S(=O)(c1ccc(-c2ccc(C=Cc3nc4ccccc4o3)o2)cc1)N1CCOCC1. The Labute approximate surface area is 179 Å². The van der Waals surface area contributed by atoms with Crippen LogP contribution in [-0.4, -0.2) is 44.0 Å². The second-order valence-electron chi connectivity index (χ2n) is 7.10. The maximum Gasteiger partial charge on any atom is 0.243 e. The lowest BCUT2D eigenvalue weighted by molar-refractivity contribution is 0.0730. The molecule has 7 nitrogen and oxygen atoms in total. The molecule has 4 aromatic rings. The van der Waals surface area contributed by atoms with Crippen LogP contribution >= 0.6 is 0 Å². The van der Waals surface area contributed by atoms with Gasteiger partial charge in [-0.15, -0.1) is 0 Å². The highest BCUT2D eigenvalue weighted by atomic mass is 32.2. The number of hydrogen-bond donors (Lipinski definition) is 0. The fourth-order valence-corrected chi connectivity index (χ4v) is 4.85. The zero-order valence-electron chi connectivity index (χ0n) is 16.6. The van der Waals surface area contributed by atoms with Crippen LogP contribution in [0.3, 0.4) is 0 Å². The third kappa shape index (κ3) is 4.05. The number of furan rings is 1. The third-order valence-corrected chi connectivity index (χ3v) is 6.99. The Morgan fingerprint density at radius 3 is 2.42 bits per heavy atom. The summed E-state index contributed by atoms with van der Waals surface area (Å²) in [4.78, 5) is 4.66. The van der Waals surface area contributed by atoms with Crippen molar-refractivity contribution in [2.45, 2.75) is 4.90 Å². The molecule has 31 heavy (non-hydrogen) atoms. The van der Waals surface area contributed by atoms with Crippen LogP contribution in [-0.2, 0) is 14.8 Å². The van der Waals surface area contributed by atoms with Crippen LogP contribution in [0.2, 0.25) is 0 Å². The Morgan fingerprint density at radius 2 is 1.65 bits per heavy atom. The van der Waals surface area contributed by atoms with Crippen molar-refractivity contribution in [1.29, 1.82) is 0 Å². The molecule has 0 N–H and O–H groups in total. The average Bonchev–Trinajstić information content (AvgIpc) is 3.45. The van der Waals surface area contributed by atoms with Crippen LogP contribution in [0.25, 0.3) is 34.6 Å². The van der Waals surface area contributed by atoms with Crippen molar-refractivity contribution >= 4 is 33.3 Å². The van der Waals surface area contributed by atoms with Crippen molar-refractivity contribution in [3.05, 3.63) is 72.3 Å². The highest BCUT2D eigenvalue weighted by molar-refractivity contribution is 7.89. The molecule has 158 valence electrons. The van der Waals surface area contributed by atoms with E-state index in [1.807, 2.05) is 36.4 Å². The Morgan fingerprint density at radius 1 is 0.871 bits per heavy atom. The van der Waals surface area contributed by atoms with E-state index in [-0.39, 0.29) is 4.90 Å². The van der Waals surface area contributed by atoms with Crippen molar-refractivity contribution in [1.82, 2.24) is 9.29 Å². The maximum absolute atomic E-state index is 12.7. The summed E-state index contributed by atoms with van der Waals surface area (Å²) in [6.07, 6.45) is 3.53. The number of nitrogens with zero attached hydrogens (tertiary/aromatic N) is 2. The van der Waals surface area contributed by atoms with E-state index in [1.54, 1.807) is 36.4 Å². The van der Waals surface area contributed by atoms with Gasteiger partial charge in [-0.1, -0.05) is 12.1 Å². The van der Waals surface area contributed by atoms with E-state index < -0.39 is 10.0 Å². The Kier molecular flexibility index (Phi) is 5.19. The van der Waals surface area contributed by atoms with Gasteiger partial charge in [0.15, 0.2) is 5.58 Å². The topological polar surface area (TPSA) is 85.8 Å². The molecular weight excluding hydrogens is 416 g/mol. The second-order valence-corrected chi connectivity index (χ2v) is 9.03. The lowest BCUT2D eigenvalue weighted by atomic mass is 10.2. The van der Waals surface area contributed by atoms with Crippen LogP contribution in [0.15, 0.2) is 74.4 Å². The number of rotatable bonds is 5. The van der Waals surface area contributed by atoms with E-state index in [1.165, 1.54) is 4.31 Å². The van der Waals surface area contributed by atoms with Crippen LogP contribution in [0.4, 0.5) is 0 Å². The number of sulfonamides is 1. The molecule has 1 aliphatic heterocycles. The number of aromatic nitrogens is 1. The standard InChI is InChI=1S/C23H20N2O5S/c26-31(27,25-13-15-28-16-14-25)19-9-5-17(6-10-19)21-11-7-18(29-21)8-12-23-24-20-3-1-2-4-22(20)30-23/h1-12H,13-16H2. The molecule has 3 heterocycles. The third-order valence-electron chi connectivity index (χ3n) is 5.07. The molecule has 2 aromatic heterocycles. The molecular formula is C23H20N2O5S. The molecule has 0 spiro atoms. The van der Waals surface area contributed by atoms with E-state index >= 15 is 0 Å². The van der Waals surface area contributed by atoms with E-state index in [2.05, 4.69) is 4.98 Å². The average molecular weight is 436 g/mol. The molecule has 0 amide bonds. The number of hydrogen-bond acceptors (Lipinski definition) is 6. The molecule has 1 aliphatic rings. The molecule has 5 rings (SSSR count). The first kappa shape index (κ1) is 19.7. The lowest BCUT2D eigenvalue weighted by Gasteiger charge is -2.26. The quantitative estimate of drug-likeness (QED) is 0.464. The first-order chi connectivity index (χ1) is 15.1. The predicted octanol–water partition coefficient (Wildman–Crippen LogP) is 4.28. The number of fused-ring (bicyclic) bond motifs is 1. The number of morpholine rings is 1. The van der Waals surface area contributed by atoms with Gasteiger partial charge in [-0.05, 0) is 54.6 Å². The highest BCUT2D eigenvalue weighted by Gasteiger charge is 2.26. The minimum Gasteiger partial charge on any atom is -0.457 e. The van der Waals surface area contributed by atoms with Crippen molar-refractivity contribution in [2.24, 2.45) is 0 Å². The maximum atomic E-state index is 12.7. The predicted molar refractivity (Wildman–Crippen MR) is 117 cm³/mol. The number of oxazole rings is 1. The van der Waals surface area contributed by atoms with Gasteiger partial charge in [-0.25, -0.2) is 13.4 Å². The summed E-state index contributed by atoms with van der Waals surface area (Å²) in [5, 5.41) is 0. The Balaban J connectivity index is 1.32. The fourth-order valence-electron chi connectivity index (χ4n) is 3.44. The van der Waals surface area contributed by atoms with E-state index in [4.69, 9.17) is 13.6 Å². The molecule has 1 fully saturated rings. The van der Waals surface area contributed by atoms with Gasteiger partial charge in [0.2, 0.25) is 15.9 Å². The molecule has 2 aromatic carbocycles. The molecule has 1 saturated heterocycles. The molecule has 8 heteroatoms. The summed E-state index contributed by atoms with van der Waals surface area (Å²) in [5.41, 5.74) is 2.33. The van der Waals surface area contributed by atoms with E-state index in [9.17, 15) is 8.42 Å². The first-order valence-corrected chi connectivity index (χ1v) is 11.4. The van der Waals surface area contributed by atoms with Gasteiger partial charge in [-0.3, -0.25) is 0 Å². The molecule has 0 unspecified atom stereocenters. The van der Waals surface area contributed by atoms with E-state index in [0.29, 0.717) is 43.7 Å². The monoisotopic (exact) mass is 436 g/mol. The van der Waals surface area contributed by atoms with Crippen molar-refractivity contribution < 1.29 is 22.0 Å². The van der Waals surface area contributed by atoms with Crippen molar-refractivity contribution in [3.8, 4) is 11.3 Å². The molecule has 0 bridgehead atoms. The minimum absolute atomic E-state index is 0.265. The Hall–Kier alpha value is -3.20. The Bertz CT molecular complexity index is 1300. The van der Waals surface area contributed by atoms with Gasteiger partial charge in [0.05, 0.1) is 18.1 Å². The summed E-state index contributed by atoms with van der Waals surface area (Å²) in [6, 6.07) is 18.0. The number of ether oxygens (including phenoxy) is 1. The lowest BCUT2D eigenvalue weighted by Crippen LogP contribution is -2.40. The normalized spacial score (nSPS) is 15.7. The van der Waals surface area contributed by atoms with Crippen LogP contribution < -0.4 is 0 Å². The summed E-state index contributed by atoms with van der Waals surface area (Å²) in [5.74, 6) is 1.78. The molecule has 0 radical (unpaired) electrons. The van der Waals surface area contributed by atoms with Gasteiger partial charge < -0.3 is 13.6 Å². The second kappa shape index (κ2) is 8.14. The first-order valence-electron chi connectivity index (χ1n) is 9.91. The molecule has 0 atom stereocenters.